The summed E-state index contributed by atoms with van der Waals surface area (Å²) in [6, 6.07) is 6.28. The first-order valence-electron chi connectivity index (χ1n) is 6.96. The van der Waals surface area contributed by atoms with E-state index in [-0.39, 0.29) is 10.8 Å². The van der Waals surface area contributed by atoms with E-state index in [0.717, 1.165) is 13.0 Å². The molecule has 2 N–H and O–H groups in total. The summed E-state index contributed by atoms with van der Waals surface area (Å²) in [5, 5.41) is 5.71. The summed E-state index contributed by atoms with van der Waals surface area (Å²) >= 11 is 0. The number of sulfonamides is 1. The fraction of sp³-hybridized carbons (Fsp3) is 0.500. The molecule has 1 amide bonds. The van der Waals surface area contributed by atoms with Crippen molar-refractivity contribution in [1.82, 2.24) is 9.62 Å². The van der Waals surface area contributed by atoms with Gasteiger partial charge in [-0.3, -0.25) is 4.79 Å². The van der Waals surface area contributed by atoms with Gasteiger partial charge in [-0.2, -0.15) is 4.31 Å². The Labute approximate surface area is 125 Å². The quantitative estimate of drug-likeness (QED) is 0.846. The van der Waals surface area contributed by atoms with Crippen LogP contribution < -0.4 is 10.6 Å². The number of amides is 1. The predicted octanol–water partition coefficient (Wildman–Crippen LogP) is 0.875. The lowest BCUT2D eigenvalue weighted by molar-refractivity contribution is -0.114. The second kappa shape index (κ2) is 6.55. The molecule has 0 aromatic heterocycles. The highest BCUT2D eigenvalue weighted by molar-refractivity contribution is 7.89. The van der Waals surface area contributed by atoms with Crippen molar-refractivity contribution in [3.05, 3.63) is 24.3 Å². The first-order chi connectivity index (χ1) is 9.93. The van der Waals surface area contributed by atoms with Crippen LogP contribution in [0.1, 0.15) is 13.3 Å². The number of carbonyl (C=O) groups excluding carboxylic acids is 1. The molecule has 2 rings (SSSR count). The molecule has 0 spiro atoms. The third-order valence-corrected chi connectivity index (χ3v) is 5.43. The standard InChI is InChI=1S/C14H21N3O3S/c1-11(18)16-13-3-5-14(6-4-13)21(19,20)17-8-7-12(10-17)9-15-2/h3-6,12,15H,7-10H2,1-2H3,(H,16,18). The molecule has 1 aliphatic heterocycles. The zero-order valence-corrected chi connectivity index (χ0v) is 13.1. The molecule has 1 atom stereocenters. The largest absolute Gasteiger partial charge is 0.326 e. The van der Waals surface area contributed by atoms with E-state index in [1.807, 2.05) is 7.05 Å². The number of rotatable bonds is 5. The van der Waals surface area contributed by atoms with Gasteiger partial charge in [-0.25, -0.2) is 8.42 Å². The molecule has 1 aliphatic rings. The molecule has 116 valence electrons. The van der Waals surface area contributed by atoms with Crippen LogP contribution in [-0.4, -0.2) is 45.3 Å². The highest BCUT2D eigenvalue weighted by atomic mass is 32.2. The Kier molecular flexibility index (Phi) is 4.97. The van der Waals surface area contributed by atoms with Crippen LogP contribution in [0.4, 0.5) is 5.69 Å². The molecular formula is C14H21N3O3S. The Bertz CT molecular complexity index is 598. The van der Waals surface area contributed by atoms with Crippen molar-refractivity contribution in [2.45, 2.75) is 18.2 Å². The molecule has 0 aliphatic carbocycles. The van der Waals surface area contributed by atoms with Crippen LogP contribution in [0.15, 0.2) is 29.2 Å². The van der Waals surface area contributed by atoms with E-state index in [2.05, 4.69) is 10.6 Å². The van der Waals surface area contributed by atoms with Gasteiger partial charge in [0.05, 0.1) is 4.90 Å². The van der Waals surface area contributed by atoms with Gasteiger partial charge in [0.1, 0.15) is 0 Å². The Morgan fingerprint density at radius 2 is 2.00 bits per heavy atom. The van der Waals surface area contributed by atoms with Gasteiger partial charge in [-0.1, -0.05) is 0 Å². The number of anilines is 1. The molecule has 1 aromatic carbocycles. The van der Waals surface area contributed by atoms with Gasteiger partial charge in [0.25, 0.3) is 0 Å². The van der Waals surface area contributed by atoms with Crippen molar-refractivity contribution in [1.29, 1.82) is 0 Å². The number of carbonyl (C=O) groups is 1. The molecule has 1 heterocycles. The van der Waals surface area contributed by atoms with Crippen LogP contribution in [0.2, 0.25) is 0 Å². The van der Waals surface area contributed by atoms with Gasteiger partial charge in [-0.15, -0.1) is 0 Å². The molecule has 0 bridgehead atoms. The van der Waals surface area contributed by atoms with Crippen LogP contribution in [0.3, 0.4) is 0 Å². The summed E-state index contributed by atoms with van der Waals surface area (Å²) in [5.74, 6) is 0.184. The lowest BCUT2D eigenvalue weighted by Crippen LogP contribution is -2.30. The third kappa shape index (κ3) is 3.81. The van der Waals surface area contributed by atoms with Gasteiger partial charge >= 0.3 is 0 Å². The maximum absolute atomic E-state index is 12.5. The Balaban J connectivity index is 2.11. The average Bonchev–Trinajstić information content (AvgIpc) is 2.88. The smallest absolute Gasteiger partial charge is 0.243 e. The van der Waals surface area contributed by atoms with Gasteiger partial charge in [0.15, 0.2) is 0 Å². The van der Waals surface area contributed by atoms with Crippen LogP contribution in [0.25, 0.3) is 0 Å². The first-order valence-corrected chi connectivity index (χ1v) is 8.40. The summed E-state index contributed by atoms with van der Waals surface area (Å²) in [5.41, 5.74) is 0.593. The summed E-state index contributed by atoms with van der Waals surface area (Å²) in [7, 11) is -1.57. The van der Waals surface area contributed by atoms with E-state index in [0.29, 0.717) is 24.7 Å². The van der Waals surface area contributed by atoms with E-state index in [4.69, 9.17) is 0 Å². The maximum atomic E-state index is 12.5. The second-order valence-corrected chi connectivity index (χ2v) is 7.22. The molecule has 0 saturated carbocycles. The lowest BCUT2D eigenvalue weighted by Gasteiger charge is -2.17. The van der Waals surface area contributed by atoms with E-state index in [9.17, 15) is 13.2 Å². The first kappa shape index (κ1) is 15.9. The van der Waals surface area contributed by atoms with Crippen molar-refractivity contribution >= 4 is 21.6 Å². The topological polar surface area (TPSA) is 78.5 Å². The molecule has 0 radical (unpaired) electrons. The van der Waals surface area contributed by atoms with Crippen molar-refractivity contribution in [2.24, 2.45) is 5.92 Å². The van der Waals surface area contributed by atoms with E-state index >= 15 is 0 Å². The van der Waals surface area contributed by atoms with E-state index < -0.39 is 10.0 Å². The normalized spacial score (nSPS) is 19.6. The molecule has 21 heavy (non-hydrogen) atoms. The van der Waals surface area contributed by atoms with Crippen molar-refractivity contribution in [2.75, 3.05) is 32.0 Å². The number of nitrogens with one attached hydrogen (secondary N) is 2. The predicted molar refractivity (Wildman–Crippen MR) is 81.5 cm³/mol. The number of benzene rings is 1. The Morgan fingerprint density at radius 3 is 2.57 bits per heavy atom. The average molecular weight is 311 g/mol. The van der Waals surface area contributed by atoms with Crippen LogP contribution in [-0.2, 0) is 14.8 Å². The fourth-order valence-electron chi connectivity index (χ4n) is 2.53. The minimum absolute atomic E-state index is 0.181. The number of hydrogen-bond acceptors (Lipinski definition) is 4. The van der Waals surface area contributed by atoms with Gasteiger partial charge < -0.3 is 10.6 Å². The van der Waals surface area contributed by atoms with Crippen molar-refractivity contribution in [3.63, 3.8) is 0 Å². The summed E-state index contributed by atoms with van der Waals surface area (Å²) in [6.07, 6.45) is 0.879. The van der Waals surface area contributed by atoms with Crippen LogP contribution in [0.5, 0.6) is 0 Å². The van der Waals surface area contributed by atoms with Gasteiger partial charge in [-0.05, 0) is 50.2 Å². The minimum atomic E-state index is -3.44. The maximum Gasteiger partial charge on any atom is 0.243 e. The molecule has 1 fully saturated rings. The Morgan fingerprint density at radius 1 is 1.33 bits per heavy atom. The van der Waals surface area contributed by atoms with E-state index in [1.165, 1.54) is 23.4 Å². The van der Waals surface area contributed by atoms with Gasteiger partial charge in [0, 0.05) is 25.7 Å². The summed E-state index contributed by atoms with van der Waals surface area (Å²) < 4.78 is 26.6. The minimum Gasteiger partial charge on any atom is -0.326 e. The molecular weight excluding hydrogens is 290 g/mol. The number of nitrogens with zero attached hydrogens (tertiary/aromatic N) is 1. The molecule has 6 nitrogen and oxygen atoms in total. The molecule has 7 heteroatoms. The lowest BCUT2D eigenvalue weighted by atomic mass is 10.1. The van der Waals surface area contributed by atoms with Gasteiger partial charge in [0.2, 0.25) is 15.9 Å². The summed E-state index contributed by atoms with van der Waals surface area (Å²) in [4.78, 5) is 11.2. The SMILES string of the molecule is CNCC1CCN(S(=O)(=O)c2ccc(NC(C)=O)cc2)C1. The fourth-order valence-corrected chi connectivity index (χ4v) is 4.06. The monoisotopic (exact) mass is 311 g/mol. The van der Waals surface area contributed by atoms with Crippen LogP contribution >= 0.6 is 0 Å². The second-order valence-electron chi connectivity index (χ2n) is 5.28. The highest BCUT2D eigenvalue weighted by Crippen LogP contribution is 2.24. The molecule has 1 aromatic rings. The molecule has 1 unspecified atom stereocenters. The van der Waals surface area contributed by atoms with Crippen LogP contribution in [0, 0.1) is 5.92 Å². The summed E-state index contributed by atoms with van der Waals surface area (Å²) in [6.45, 7) is 3.35. The van der Waals surface area contributed by atoms with Crippen molar-refractivity contribution < 1.29 is 13.2 Å². The number of hydrogen-bond donors (Lipinski definition) is 2. The van der Waals surface area contributed by atoms with Crippen molar-refractivity contribution in [3.8, 4) is 0 Å². The molecule has 1 saturated heterocycles. The zero-order chi connectivity index (χ0) is 15.5. The third-order valence-electron chi connectivity index (χ3n) is 3.55. The Hall–Kier alpha value is -1.44. The highest BCUT2D eigenvalue weighted by Gasteiger charge is 2.32. The zero-order valence-electron chi connectivity index (χ0n) is 12.3. The van der Waals surface area contributed by atoms with E-state index in [1.54, 1.807) is 12.1 Å².